The number of fused-ring (bicyclic) bond motifs is 1. The third kappa shape index (κ3) is 10.9. The molecule has 0 saturated heterocycles. The van der Waals surface area contributed by atoms with Crippen molar-refractivity contribution in [2.75, 3.05) is 7.11 Å². The van der Waals surface area contributed by atoms with Crippen LogP contribution in [0.25, 0.3) is 0 Å². The van der Waals surface area contributed by atoms with Crippen LogP contribution in [0.15, 0.2) is 109 Å². The van der Waals surface area contributed by atoms with Crippen LogP contribution in [0.3, 0.4) is 0 Å². The van der Waals surface area contributed by atoms with Gasteiger partial charge in [-0.05, 0) is 46.4 Å². The van der Waals surface area contributed by atoms with E-state index in [2.05, 4.69) is 21.3 Å². The molecule has 0 fully saturated rings. The highest BCUT2D eigenvalue weighted by molar-refractivity contribution is 5.89. The Hall–Kier alpha value is -5.76. The summed E-state index contributed by atoms with van der Waals surface area (Å²) in [6.45, 7) is 0.0195. The van der Waals surface area contributed by atoms with E-state index >= 15 is 0 Å². The van der Waals surface area contributed by atoms with Gasteiger partial charge in [0.1, 0.15) is 24.4 Å². The summed E-state index contributed by atoms with van der Waals surface area (Å²) in [6.07, 6.45) is -3.91. The number of carboxylic acid groups (broad SMARTS) is 1. The number of methoxy groups -OCH3 is 1. The average molecular weight is 725 g/mol. The van der Waals surface area contributed by atoms with Crippen molar-refractivity contribution in [3.05, 3.63) is 137 Å². The van der Waals surface area contributed by atoms with E-state index in [1.165, 1.54) is 0 Å². The van der Waals surface area contributed by atoms with Crippen LogP contribution in [-0.2, 0) is 45.1 Å². The average Bonchev–Trinajstić information content (AvgIpc) is 3.48. The number of aliphatic hydroxyl groups is 2. The summed E-state index contributed by atoms with van der Waals surface area (Å²) in [5.74, 6) is -2.26. The molecule has 4 aromatic carbocycles. The summed E-state index contributed by atoms with van der Waals surface area (Å²) in [7, 11) is 1.55. The van der Waals surface area contributed by atoms with E-state index in [1.54, 1.807) is 92.0 Å². The predicted octanol–water partition coefficient (Wildman–Crippen LogP) is 2.79. The van der Waals surface area contributed by atoms with Crippen LogP contribution in [0, 0.1) is 0 Å². The van der Waals surface area contributed by atoms with Crippen molar-refractivity contribution >= 4 is 23.9 Å². The number of carboxylic acids is 1. The number of amides is 3. The maximum Gasteiger partial charge on any atom is 0.408 e. The minimum absolute atomic E-state index is 0.0366. The number of carbonyl (C=O) groups is 4. The lowest BCUT2D eigenvalue weighted by Gasteiger charge is -2.33. The number of hydrogen-bond donors (Lipinski definition) is 7. The van der Waals surface area contributed by atoms with Crippen LogP contribution < -0.4 is 26.0 Å². The molecule has 0 aliphatic heterocycles. The Morgan fingerprint density at radius 1 is 0.792 bits per heavy atom. The Kier molecular flexibility index (Phi) is 13.5. The van der Waals surface area contributed by atoms with Gasteiger partial charge in [-0.1, -0.05) is 97.1 Å². The molecule has 53 heavy (non-hydrogen) atoms. The SMILES string of the molecule is COc1ccc(CN[C@@H](C(=O)NC2c3ccccc3C[C@H]2O)[C@H](O)[C@H](Cc2ccccc2)NC(=O)C(CC(=O)O)NC(=O)OCc2ccccc2)cc1. The first kappa shape index (κ1) is 38.5. The number of alkyl carbamates (subject to hydrolysis) is 1. The fourth-order valence-corrected chi connectivity index (χ4v) is 6.26. The zero-order valence-corrected chi connectivity index (χ0v) is 29.2. The van der Waals surface area contributed by atoms with Gasteiger partial charge in [-0.15, -0.1) is 0 Å². The molecule has 7 N–H and O–H groups in total. The number of aliphatic hydroxyl groups excluding tert-OH is 2. The minimum Gasteiger partial charge on any atom is -0.497 e. The van der Waals surface area contributed by atoms with Gasteiger partial charge in [0.25, 0.3) is 0 Å². The summed E-state index contributed by atoms with van der Waals surface area (Å²) in [6, 6.07) is 27.4. The predicted molar refractivity (Wildman–Crippen MR) is 195 cm³/mol. The van der Waals surface area contributed by atoms with Gasteiger partial charge >= 0.3 is 12.1 Å². The first-order valence-corrected chi connectivity index (χ1v) is 17.2. The second-order valence-corrected chi connectivity index (χ2v) is 12.8. The topological polar surface area (TPSA) is 196 Å². The van der Waals surface area contributed by atoms with Crippen LogP contribution in [0.5, 0.6) is 5.75 Å². The number of nitrogens with one attached hydrogen (secondary N) is 4. The molecule has 0 bridgehead atoms. The molecule has 0 radical (unpaired) electrons. The van der Waals surface area contributed by atoms with Gasteiger partial charge in [0.05, 0.1) is 37.8 Å². The van der Waals surface area contributed by atoms with Crippen molar-refractivity contribution in [3.63, 3.8) is 0 Å². The maximum absolute atomic E-state index is 14.1. The smallest absolute Gasteiger partial charge is 0.408 e. The molecule has 0 heterocycles. The molecule has 1 aliphatic carbocycles. The molecule has 13 heteroatoms. The van der Waals surface area contributed by atoms with E-state index < -0.39 is 66.7 Å². The van der Waals surface area contributed by atoms with Crippen LogP contribution >= 0.6 is 0 Å². The fourth-order valence-electron chi connectivity index (χ4n) is 6.26. The molecule has 3 amide bonds. The Bertz CT molecular complexity index is 1830. The number of benzene rings is 4. The van der Waals surface area contributed by atoms with E-state index in [0.29, 0.717) is 23.3 Å². The monoisotopic (exact) mass is 724 g/mol. The molecule has 13 nitrogen and oxygen atoms in total. The Morgan fingerprint density at radius 2 is 1.43 bits per heavy atom. The lowest BCUT2D eigenvalue weighted by atomic mass is 9.94. The Morgan fingerprint density at radius 3 is 2.09 bits per heavy atom. The molecule has 1 aliphatic rings. The Labute approximate surface area is 307 Å². The number of hydrogen-bond acceptors (Lipinski definition) is 9. The summed E-state index contributed by atoms with van der Waals surface area (Å²) in [4.78, 5) is 52.4. The second-order valence-electron chi connectivity index (χ2n) is 12.8. The van der Waals surface area contributed by atoms with Crippen molar-refractivity contribution in [1.29, 1.82) is 0 Å². The Balaban J connectivity index is 1.39. The summed E-state index contributed by atoms with van der Waals surface area (Å²) >= 11 is 0. The van der Waals surface area contributed by atoms with E-state index in [4.69, 9.17) is 9.47 Å². The van der Waals surface area contributed by atoms with Crippen LogP contribution in [0.2, 0.25) is 0 Å². The zero-order valence-electron chi connectivity index (χ0n) is 29.2. The molecule has 278 valence electrons. The number of ether oxygens (including phenoxy) is 2. The van der Waals surface area contributed by atoms with E-state index in [0.717, 1.165) is 16.7 Å². The lowest BCUT2D eigenvalue weighted by Crippen LogP contribution is -2.61. The van der Waals surface area contributed by atoms with Gasteiger partial charge < -0.3 is 40.7 Å². The number of carbonyl (C=O) groups excluding carboxylic acids is 3. The normalized spacial score (nSPS) is 17.0. The number of aliphatic carboxylic acids is 1. The highest BCUT2D eigenvalue weighted by Gasteiger charge is 2.39. The first-order valence-electron chi connectivity index (χ1n) is 17.2. The molecule has 0 spiro atoms. The van der Waals surface area contributed by atoms with Crippen molar-refractivity contribution in [2.24, 2.45) is 0 Å². The van der Waals surface area contributed by atoms with E-state index in [-0.39, 0.29) is 19.6 Å². The third-order valence-electron chi connectivity index (χ3n) is 9.05. The fraction of sp³-hybridized carbons (Fsp3) is 0.300. The molecule has 0 aromatic heterocycles. The van der Waals surface area contributed by atoms with Gasteiger partial charge in [0, 0.05) is 13.0 Å². The van der Waals surface area contributed by atoms with Gasteiger partial charge in [-0.25, -0.2) is 4.79 Å². The maximum atomic E-state index is 14.1. The zero-order chi connectivity index (χ0) is 37.7. The van der Waals surface area contributed by atoms with Crippen LogP contribution in [-0.4, -0.2) is 76.6 Å². The lowest BCUT2D eigenvalue weighted by molar-refractivity contribution is -0.140. The highest BCUT2D eigenvalue weighted by atomic mass is 16.5. The third-order valence-corrected chi connectivity index (χ3v) is 9.05. The van der Waals surface area contributed by atoms with Gasteiger partial charge in [0.2, 0.25) is 11.8 Å². The van der Waals surface area contributed by atoms with Gasteiger partial charge in [-0.2, -0.15) is 0 Å². The molecular weight excluding hydrogens is 680 g/mol. The van der Waals surface area contributed by atoms with Crippen molar-refractivity contribution in [3.8, 4) is 5.75 Å². The molecule has 4 aromatic rings. The van der Waals surface area contributed by atoms with Crippen molar-refractivity contribution in [1.82, 2.24) is 21.3 Å². The van der Waals surface area contributed by atoms with Crippen molar-refractivity contribution in [2.45, 2.75) is 68.8 Å². The second kappa shape index (κ2) is 18.6. The summed E-state index contributed by atoms with van der Waals surface area (Å²) in [5.41, 5.74) is 3.81. The largest absolute Gasteiger partial charge is 0.497 e. The quantitative estimate of drug-likeness (QED) is 0.0851. The van der Waals surface area contributed by atoms with E-state index in [9.17, 15) is 34.5 Å². The minimum atomic E-state index is -1.60. The molecule has 5 rings (SSSR count). The first-order chi connectivity index (χ1) is 25.6. The molecule has 6 atom stereocenters. The molecule has 0 saturated carbocycles. The molecule has 2 unspecified atom stereocenters. The standard InChI is InChI=1S/C40H44N4O9/c1-52-29-18-16-26(17-19-29)23-41-36(39(50)44-35-30-15-9-8-14-28(30)21-33(35)45)37(48)31(20-25-10-4-2-5-11-25)42-38(49)32(22-34(46)47)43-40(51)53-24-27-12-6-3-7-13-27/h2-19,31-33,35-37,41,45,48H,20-24H2,1H3,(H,42,49)(H,43,51)(H,44,50)(H,46,47)/t31-,32?,33+,35?,36+,37+/m0/s1. The highest BCUT2D eigenvalue weighted by Crippen LogP contribution is 2.31. The van der Waals surface area contributed by atoms with Gasteiger partial charge in [-0.3, -0.25) is 19.7 Å². The summed E-state index contributed by atoms with van der Waals surface area (Å²) in [5, 5.41) is 43.6. The summed E-state index contributed by atoms with van der Waals surface area (Å²) < 4.78 is 10.5. The van der Waals surface area contributed by atoms with E-state index in [1.807, 2.05) is 24.3 Å². The number of rotatable bonds is 17. The van der Waals surface area contributed by atoms with Gasteiger partial charge in [0.15, 0.2) is 0 Å². The van der Waals surface area contributed by atoms with Crippen LogP contribution in [0.4, 0.5) is 4.79 Å². The van der Waals surface area contributed by atoms with Crippen LogP contribution in [0.1, 0.15) is 40.3 Å². The van der Waals surface area contributed by atoms with Crippen molar-refractivity contribution < 1.29 is 44.0 Å². The molecular formula is C40H44N4O9.